The predicted octanol–water partition coefficient (Wildman–Crippen LogP) is 2.67. The third-order valence-corrected chi connectivity index (χ3v) is 3.03. The van der Waals surface area contributed by atoms with Gasteiger partial charge in [0, 0.05) is 10.6 Å². The van der Waals surface area contributed by atoms with Crippen LogP contribution in [0.3, 0.4) is 0 Å². The molecule has 0 radical (unpaired) electrons. The molecule has 2 nitrogen and oxygen atoms in total. The maximum atomic E-state index is 13.5. The highest BCUT2D eigenvalue weighted by molar-refractivity contribution is 6.30. The van der Waals surface area contributed by atoms with E-state index in [-0.39, 0.29) is 18.3 Å². The molecule has 5 heteroatoms. The van der Waals surface area contributed by atoms with E-state index in [0.29, 0.717) is 10.6 Å². The lowest BCUT2D eigenvalue weighted by Gasteiger charge is -2.19. The van der Waals surface area contributed by atoms with Gasteiger partial charge in [-0.3, -0.25) is 0 Å². The molecule has 1 aliphatic carbocycles. The minimum atomic E-state index is -0.658. The Balaban J connectivity index is 0.00000128. The number of nitrogens with two attached hydrogens (primary N) is 1. The predicted molar refractivity (Wildman–Crippen MR) is 64.3 cm³/mol. The van der Waals surface area contributed by atoms with E-state index in [4.69, 9.17) is 17.3 Å². The maximum absolute atomic E-state index is 13.5. The van der Waals surface area contributed by atoms with Crippen molar-refractivity contribution in [1.82, 2.24) is 0 Å². The fourth-order valence-electron chi connectivity index (χ4n) is 1.69. The second-order valence-corrected chi connectivity index (χ2v) is 4.46. The first kappa shape index (κ1) is 13.7. The molecule has 16 heavy (non-hydrogen) atoms. The van der Waals surface area contributed by atoms with Gasteiger partial charge in [-0.1, -0.05) is 17.7 Å². The fourth-order valence-corrected chi connectivity index (χ4v) is 1.85. The molecule has 2 rings (SSSR count). The smallest absolute Gasteiger partial charge is 0.129 e. The topological polar surface area (TPSA) is 46.2 Å². The zero-order valence-corrected chi connectivity index (χ0v) is 10.1. The largest absolute Gasteiger partial charge is 0.391 e. The van der Waals surface area contributed by atoms with E-state index in [9.17, 15) is 9.50 Å². The van der Waals surface area contributed by atoms with E-state index < -0.39 is 18.0 Å². The van der Waals surface area contributed by atoms with Gasteiger partial charge < -0.3 is 10.8 Å². The molecule has 90 valence electrons. The Hall–Kier alpha value is -0.350. The number of hydrogen-bond acceptors (Lipinski definition) is 2. The molecule has 1 aromatic carbocycles. The fraction of sp³-hybridized carbons (Fsp3) is 0.455. The lowest BCUT2D eigenvalue weighted by Crippen LogP contribution is -2.28. The van der Waals surface area contributed by atoms with Crippen LogP contribution in [-0.2, 0) is 0 Å². The lowest BCUT2D eigenvalue weighted by molar-refractivity contribution is 0.121. The molecular weight excluding hydrogens is 252 g/mol. The Morgan fingerprint density at radius 3 is 2.56 bits per heavy atom. The van der Waals surface area contributed by atoms with Crippen LogP contribution in [0.1, 0.15) is 24.4 Å². The van der Waals surface area contributed by atoms with Crippen LogP contribution in [0.5, 0.6) is 0 Å². The van der Waals surface area contributed by atoms with Crippen LogP contribution in [0.4, 0.5) is 4.39 Å². The van der Waals surface area contributed by atoms with E-state index >= 15 is 0 Å². The molecule has 0 saturated heterocycles. The van der Waals surface area contributed by atoms with Crippen molar-refractivity contribution >= 4 is 24.0 Å². The second kappa shape index (κ2) is 5.32. The molecule has 1 saturated carbocycles. The molecule has 0 aliphatic heterocycles. The van der Waals surface area contributed by atoms with Gasteiger partial charge in [-0.15, -0.1) is 12.4 Å². The zero-order valence-electron chi connectivity index (χ0n) is 8.57. The summed E-state index contributed by atoms with van der Waals surface area (Å²) in [5, 5.41) is 10.1. The van der Waals surface area contributed by atoms with Crippen LogP contribution in [0.2, 0.25) is 5.02 Å². The number of benzene rings is 1. The number of aliphatic hydroxyl groups is 1. The number of halogens is 3. The minimum absolute atomic E-state index is 0. The van der Waals surface area contributed by atoms with Crippen LogP contribution in [0.15, 0.2) is 18.2 Å². The molecule has 1 fully saturated rings. The van der Waals surface area contributed by atoms with Crippen molar-refractivity contribution < 1.29 is 9.50 Å². The number of rotatable bonds is 3. The van der Waals surface area contributed by atoms with Gasteiger partial charge in [-0.2, -0.15) is 0 Å². The molecule has 3 N–H and O–H groups in total. The van der Waals surface area contributed by atoms with E-state index in [1.165, 1.54) is 12.1 Å². The highest BCUT2D eigenvalue weighted by atomic mass is 35.5. The first-order valence-corrected chi connectivity index (χ1v) is 5.36. The quantitative estimate of drug-likeness (QED) is 0.883. The Morgan fingerprint density at radius 1 is 1.44 bits per heavy atom. The Bertz CT molecular complexity index is 371. The van der Waals surface area contributed by atoms with E-state index in [1.54, 1.807) is 6.07 Å². The van der Waals surface area contributed by atoms with Gasteiger partial charge in [-0.25, -0.2) is 4.39 Å². The second-order valence-electron chi connectivity index (χ2n) is 4.02. The molecule has 0 spiro atoms. The van der Waals surface area contributed by atoms with E-state index in [1.807, 2.05) is 0 Å². The van der Waals surface area contributed by atoms with Gasteiger partial charge in [0.2, 0.25) is 0 Å². The first-order valence-electron chi connectivity index (χ1n) is 4.98. The molecule has 0 amide bonds. The monoisotopic (exact) mass is 265 g/mol. The van der Waals surface area contributed by atoms with Crippen LogP contribution in [0.25, 0.3) is 0 Å². The van der Waals surface area contributed by atoms with Crippen LogP contribution in [0, 0.1) is 11.7 Å². The van der Waals surface area contributed by atoms with Crippen molar-refractivity contribution in [1.29, 1.82) is 0 Å². The molecule has 0 aromatic heterocycles. The molecule has 1 aromatic rings. The van der Waals surface area contributed by atoms with Gasteiger partial charge in [0.1, 0.15) is 5.82 Å². The highest BCUT2D eigenvalue weighted by Gasteiger charge is 2.35. The summed E-state index contributed by atoms with van der Waals surface area (Å²) in [5.74, 6) is -0.218. The maximum Gasteiger partial charge on any atom is 0.129 e. The summed E-state index contributed by atoms with van der Waals surface area (Å²) in [4.78, 5) is 0. The van der Waals surface area contributed by atoms with E-state index in [2.05, 4.69) is 0 Å². The molecule has 0 unspecified atom stereocenters. The molecule has 0 heterocycles. The Kier molecular flexibility index (Phi) is 4.56. The summed E-state index contributed by atoms with van der Waals surface area (Å²) < 4.78 is 13.5. The minimum Gasteiger partial charge on any atom is -0.391 e. The van der Waals surface area contributed by atoms with Crippen LogP contribution >= 0.6 is 24.0 Å². The Morgan fingerprint density at radius 2 is 2.06 bits per heavy atom. The van der Waals surface area contributed by atoms with Crippen molar-refractivity contribution in [3.63, 3.8) is 0 Å². The SMILES string of the molecule is Cl.N[C@H](c1ccc(Cl)cc1F)[C@@H](O)C1CC1. The van der Waals surface area contributed by atoms with Gasteiger partial charge in [0.05, 0.1) is 12.1 Å². The van der Waals surface area contributed by atoms with Crippen molar-refractivity contribution in [2.45, 2.75) is 25.0 Å². The summed E-state index contributed by atoms with van der Waals surface area (Å²) in [5.41, 5.74) is 6.13. The normalized spacial score (nSPS) is 18.8. The van der Waals surface area contributed by atoms with Gasteiger partial charge in [0.15, 0.2) is 0 Å². The summed E-state index contributed by atoms with van der Waals surface area (Å²) in [7, 11) is 0. The average molecular weight is 266 g/mol. The van der Waals surface area contributed by atoms with Crippen LogP contribution < -0.4 is 5.73 Å². The van der Waals surface area contributed by atoms with Crippen molar-refractivity contribution in [2.24, 2.45) is 11.7 Å². The summed E-state index contributed by atoms with van der Waals surface area (Å²) in [6, 6.07) is 3.68. The molecular formula is C11H14Cl2FNO. The third-order valence-electron chi connectivity index (χ3n) is 2.79. The summed E-state index contributed by atoms with van der Waals surface area (Å²) in [6.07, 6.45) is 1.30. The average Bonchev–Trinajstić information content (AvgIpc) is 2.99. The third kappa shape index (κ3) is 2.86. The van der Waals surface area contributed by atoms with E-state index in [0.717, 1.165) is 12.8 Å². The lowest BCUT2D eigenvalue weighted by atomic mass is 9.99. The summed E-state index contributed by atoms with van der Waals surface area (Å²) in [6.45, 7) is 0. The summed E-state index contributed by atoms with van der Waals surface area (Å²) >= 11 is 5.63. The highest BCUT2D eigenvalue weighted by Crippen LogP contribution is 2.37. The van der Waals surface area contributed by atoms with Crippen molar-refractivity contribution in [2.75, 3.05) is 0 Å². The molecule has 0 bridgehead atoms. The molecule has 2 atom stereocenters. The standard InChI is InChI=1S/C11H13ClFNO.ClH/c12-7-3-4-8(9(13)5-7)10(14)11(15)6-1-2-6;/h3-6,10-11,15H,1-2,14H2;1H/t10-,11+;/m1./s1. The van der Waals surface area contributed by atoms with Gasteiger partial charge in [0.25, 0.3) is 0 Å². The van der Waals surface area contributed by atoms with Gasteiger partial charge in [-0.05, 0) is 30.9 Å². The van der Waals surface area contributed by atoms with Gasteiger partial charge >= 0.3 is 0 Å². The van der Waals surface area contributed by atoms with Crippen molar-refractivity contribution in [3.8, 4) is 0 Å². The number of hydrogen-bond donors (Lipinski definition) is 2. The first-order chi connectivity index (χ1) is 7.09. The van der Waals surface area contributed by atoms with Crippen LogP contribution in [-0.4, -0.2) is 11.2 Å². The number of aliphatic hydroxyl groups excluding tert-OH is 1. The van der Waals surface area contributed by atoms with Crippen molar-refractivity contribution in [3.05, 3.63) is 34.6 Å². The Labute approximate surface area is 105 Å². The zero-order chi connectivity index (χ0) is 11.0. The molecule has 1 aliphatic rings.